The second-order valence-electron chi connectivity index (χ2n) is 14.1. The van der Waals surface area contributed by atoms with Crippen LogP contribution >= 0.6 is 0 Å². The first-order valence-electron chi connectivity index (χ1n) is 18.1. The Morgan fingerprint density at radius 1 is 0.415 bits per heavy atom. The first kappa shape index (κ1) is 28.7. The number of benzene rings is 8. The molecule has 0 saturated carbocycles. The Labute approximate surface area is 306 Å². The number of rotatable bonds is 3. The minimum absolute atomic E-state index is 0.00430. The van der Waals surface area contributed by atoms with Crippen LogP contribution in [0.3, 0.4) is 0 Å². The van der Waals surface area contributed by atoms with Gasteiger partial charge in [-0.15, -0.1) is 0 Å². The number of nitrogens with zero attached hydrogens (tertiary/aromatic N) is 2. The Hall–Kier alpha value is -6.98. The van der Waals surface area contributed by atoms with E-state index in [1.807, 2.05) is 18.2 Å². The van der Waals surface area contributed by atoms with E-state index in [4.69, 9.17) is 9.15 Å². The first-order chi connectivity index (χ1) is 26.3. The van der Waals surface area contributed by atoms with E-state index in [2.05, 4.69) is 168 Å². The molecule has 0 atom stereocenters. The second kappa shape index (κ2) is 10.8. The highest BCUT2D eigenvalue weighted by Gasteiger charge is 2.45. The number of fused-ring (bicyclic) bond motifs is 8. The number of furan rings is 1. The molecule has 9 aromatic rings. The molecule has 4 nitrogen and oxygen atoms in total. The van der Waals surface area contributed by atoms with Gasteiger partial charge in [0.05, 0.1) is 11.4 Å². The smallest absolute Gasteiger partial charge is 0.252 e. The Morgan fingerprint density at radius 2 is 1.13 bits per heavy atom. The van der Waals surface area contributed by atoms with E-state index in [1.165, 1.54) is 55.3 Å². The molecule has 53 heavy (non-hydrogen) atoms. The molecule has 246 valence electrons. The highest BCUT2D eigenvalue weighted by atomic mass is 16.5. The average Bonchev–Trinajstić information content (AvgIpc) is 3.66. The molecule has 5 heteroatoms. The van der Waals surface area contributed by atoms with Gasteiger partial charge in [-0.25, -0.2) is 0 Å². The third-order valence-corrected chi connectivity index (χ3v) is 11.2. The van der Waals surface area contributed by atoms with Crippen molar-refractivity contribution in [3.05, 3.63) is 176 Å². The molecule has 0 N–H and O–H groups in total. The topological polar surface area (TPSA) is 28.9 Å². The van der Waals surface area contributed by atoms with Gasteiger partial charge >= 0.3 is 0 Å². The summed E-state index contributed by atoms with van der Waals surface area (Å²) < 4.78 is 12.9. The van der Waals surface area contributed by atoms with Crippen molar-refractivity contribution in [2.45, 2.75) is 0 Å². The van der Waals surface area contributed by atoms with Gasteiger partial charge in [0.25, 0.3) is 6.71 Å². The predicted octanol–water partition coefficient (Wildman–Crippen LogP) is 11.1. The van der Waals surface area contributed by atoms with Crippen molar-refractivity contribution < 1.29 is 9.15 Å². The maximum atomic E-state index is 6.60. The molecular formula is C48H29BN2O2. The summed E-state index contributed by atoms with van der Waals surface area (Å²) in [4.78, 5) is 4.88. The van der Waals surface area contributed by atoms with Gasteiger partial charge in [-0.3, -0.25) is 0 Å². The van der Waals surface area contributed by atoms with Gasteiger partial charge in [0, 0.05) is 33.7 Å². The fraction of sp³-hybridized carbons (Fsp3) is 0. The Bertz CT molecular complexity index is 2920. The summed E-state index contributed by atoms with van der Waals surface area (Å²) in [5, 5.41) is 3.46. The van der Waals surface area contributed by atoms with Crippen molar-refractivity contribution in [1.29, 1.82) is 0 Å². The largest absolute Gasteiger partial charge is 0.456 e. The first-order valence-corrected chi connectivity index (χ1v) is 18.1. The number of para-hydroxylation sites is 4. The quantitative estimate of drug-likeness (QED) is 0.174. The predicted molar refractivity (Wildman–Crippen MR) is 219 cm³/mol. The standard InChI is InChI=1S/C48H29BN2O2/c1-2-10-30(11-3-1)31-22-24-36(25-23-31)50-40-15-9-16-41-47(40)49(37-13-8-19-45-48(37)51(41)39-14-5-7-18-44(39)53-45)38-27-35-26-34(21-20-32(35)28-42(38)50)46-29-33-12-4-6-17-43(33)52-46/h1-29H. The zero-order valence-electron chi connectivity index (χ0n) is 28.5. The summed E-state index contributed by atoms with van der Waals surface area (Å²) >= 11 is 0. The van der Waals surface area contributed by atoms with Crippen LogP contribution in [0.25, 0.3) is 44.2 Å². The van der Waals surface area contributed by atoms with Crippen LogP contribution in [-0.2, 0) is 0 Å². The van der Waals surface area contributed by atoms with Crippen molar-refractivity contribution in [1.82, 2.24) is 0 Å². The average molecular weight is 677 g/mol. The normalized spacial score (nSPS) is 13.3. The molecule has 3 aliphatic rings. The second-order valence-corrected chi connectivity index (χ2v) is 14.1. The number of anilines is 6. The highest BCUT2D eigenvalue weighted by Crippen LogP contribution is 2.52. The van der Waals surface area contributed by atoms with Crippen molar-refractivity contribution in [3.8, 4) is 33.9 Å². The fourth-order valence-electron chi connectivity index (χ4n) is 8.86. The molecule has 0 radical (unpaired) electrons. The molecule has 0 saturated heterocycles. The van der Waals surface area contributed by atoms with E-state index in [0.717, 1.165) is 50.9 Å². The summed E-state index contributed by atoms with van der Waals surface area (Å²) in [5.41, 5.74) is 15.0. The molecular weight excluding hydrogens is 647 g/mol. The lowest BCUT2D eigenvalue weighted by Gasteiger charge is -2.45. The summed E-state index contributed by atoms with van der Waals surface area (Å²) in [5.74, 6) is 2.62. The molecule has 0 bridgehead atoms. The molecule has 3 aliphatic heterocycles. The molecule has 8 aromatic carbocycles. The molecule has 12 rings (SSSR count). The Morgan fingerprint density at radius 3 is 2.02 bits per heavy atom. The van der Waals surface area contributed by atoms with Crippen molar-refractivity contribution >= 4 is 79.0 Å². The van der Waals surface area contributed by atoms with Crippen LogP contribution < -0.4 is 30.9 Å². The maximum Gasteiger partial charge on any atom is 0.252 e. The molecule has 0 unspecified atom stereocenters. The Kier molecular flexibility index (Phi) is 5.83. The lowest BCUT2D eigenvalue weighted by atomic mass is 9.33. The van der Waals surface area contributed by atoms with Crippen LogP contribution in [-0.4, -0.2) is 6.71 Å². The van der Waals surface area contributed by atoms with Crippen LogP contribution in [0.5, 0.6) is 11.5 Å². The van der Waals surface area contributed by atoms with Crippen molar-refractivity contribution in [2.75, 3.05) is 9.80 Å². The minimum Gasteiger partial charge on any atom is -0.456 e. The third-order valence-electron chi connectivity index (χ3n) is 11.2. The number of ether oxygens (including phenoxy) is 1. The van der Waals surface area contributed by atoms with Crippen molar-refractivity contribution in [2.24, 2.45) is 0 Å². The van der Waals surface area contributed by atoms with Gasteiger partial charge in [0.1, 0.15) is 11.3 Å². The lowest BCUT2D eigenvalue weighted by molar-refractivity contribution is 0.477. The molecule has 0 aliphatic carbocycles. The van der Waals surface area contributed by atoms with Gasteiger partial charge < -0.3 is 19.0 Å². The fourth-order valence-corrected chi connectivity index (χ4v) is 8.86. The van der Waals surface area contributed by atoms with E-state index >= 15 is 0 Å². The van der Waals surface area contributed by atoms with Crippen LogP contribution in [0.2, 0.25) is 0 Å². The molecule has 1 aromatic heterocycles. The lowest BCUT2D eigenvalue weighted by Crippen LogP contribution is -2.61. The zero-order valence-corrected chi connectivity index (χ0v) is 28.5. The van der Waals surface area contributed by atoms with Gasteiger partial charge in [-0.2, -0.15) is 0 Å². The van der Waals surface area contributed by atoms with Crippen LogP contribution in [0.4, 0.5) is 34.1 Å². The van der Waals surface area contributed by atoms with Gasteiger partial charge in [0.15, 0.2) is 11.5 Å². The van der Waals surface area contributed by atoms with E-state index in [9.17, 15) is 0 Å². The van der Waals surface area contributed by atoms with Crippen LogP contribution in [0.1, 0.15) is 0 Å². The van der Waals surface area contributed by atoms with Gasteiger partial charge in [-0.05, 0) is 105 Å². The monoisotopic (exact) mass is 676 g/mol. The third kappa shape index (κ3) is 4.13. The van der Waals surface area contributed by atoms with Gasteiger partial charge in [0.2, 0.25) is 0 Å². The minimum atomic E-state index is -0.00430. The molecule has 0 fully saturated rings. The van der Waals surface area contributed by atoms with Crippen LogP contribution in [0, 0.1) is 0 Å². The van der Waals surface area contributed by atoms with Crippen LogP contribution in [0.15, 0.2) is 180 Å². The van der Waals surface area contributed by atoms with E-state index < -0.39 is 0 Å². The maximum absolute atomic E-state index is 6.60. The highest BCUT2D eigenvalue weighted by molar-refractivity contribution is 7.00. The van der Waals surface area contributed by atoms with E-state index in [1.54, 1.807) is 0 Å². The van der Waals surface area contributed by atoms with E-state index in [0.29, 0.717) is 0 Å². The summed E-state index contributed by atoms with van der Waals surface area (Å²) in [6.07, 6.45) is 0. The molecule has 0 amide bonds. The zero-order chi connectivity index (χ0) is 34.6. The molecule has 0 spiro atoms. The molecule has 4 heterocycles. The van der Waals surface area contributed by atoms with Gasteiger partial charge in [-0.1, -0.05) is 109 Å². The van der Waals surface area contributed by atoms with E-state index in [-0.39, 0.29) is 6.71 Å². The van der Waals surface area contributed by atoms with Crippen molar-refractivity contribution in [3.63, 3.8) is 0 Å². The summed E-state index contributed by atoms with van der Waals surface area (Å²) in [7, 11) is 0. The SMILES string of the molecule is c1ccc(-c2ccc(N3c4cc5ccc(-c6cc7ccccc7o6)cc5cc4B4c5cccc6c5N(c5ccccc5O6)c5cccc3c54)cc2)cc1. The summed E-state index contributed by atoms with van der Waals surface area (Å²) in [6, 6.07) is 63.1. The number of hydrogen-bond acceptors (Lipinski definition) is 4. The summed E-state index contributed by atoms with van der Waals surface area (Å²) in [6.45, 7) is -0.00430. The number of hydrogen-bond donors (Lipinski definition) is 0. The Balaban J connectivity index is 1.11.